The Morgan fingerprint density at radius 1 is 1.11 bits per heavy atom. The minimum atomic E-state index is 0.0831. The van der Waals surface area contributed by atoms with Crippen LogP contribution in [0.15, 0.2) is 51.7 Å². The highest BCUT2D eigenvalue weighted by atomic mass is 127. The van der Waals surface area contributed by atoms with Gasteiger partial charge in [-0.1, -0.05) is 24.3 Å². The van der Waals surface area contributed by atoms with Crippen LogP contribution < -0.4 is 5.43 Å². The third kappa shape index (κ3) is 1.57. The summed E-state index contributed by atoms with van der Waals surface area (Å²) in [4.78, 5) is 12.7. The van der Waals surface area contributed by atoms with Crippen molar-refractivity contribution >= 4 is 33.6 Å². The molecule has 2 aromatic carbocycles. The number of hydrogen-bond donors (Lipinski definition) is 0. The minimum absolute atomic E-state index is 0.0831. The number of hydrogen-bond acceptors (Lipinski definition) is 2. The maximum atomic E-state index is 12.7. The molecule has 2 nitrogen and oxygen atoms in total. The van der Waals surface area contributed by atoms with Crippen LogP contribution in [0.4, 0.5) is 0 Å². The average Bonchev–Trinajstić information content (AvgIpc) is 2.78. The van der Waals surface area contributed by atoms with Crippen molar-refractivity contribution in [2.24, 2.45) is 0 Å². The molecule has 0 fully saturated rings. The third-order valence-corrected chi connectivity index (χ3v) is 4.23. The number of fused-ring (bicyclic) bond motifs is 4. The smallest absolute Gasteiger partial charge is 0.200 e. The quantitative estimate of drug-likeness (QED) is 0.444. The van der Waals surface area contributed by atoms with Crippen molar-refractivity contribution in [3.05, 3.63) is 67.6 Å². The molecule has 4 rings (SSSR count). The second-order valence-electron chi connectivity index (χ2n) is 4.70. The third-order valence-electron chi connectivity index (χ3n) is 3.56. The molecule has 0 saturated carbocycles. The van der Waals surface area contributed by atoms with Gasteiger partial charge in [-0.05, 0) is 51.9 Å². The van der Waals surface area contributed by atoms with Crippen LogP contribution in [0.1, 0.15) is 11.3 Å². The molecule has 92 valence electrons. The highest BCUT2D eigenvalue weighted by Crippen LogP contribution is 2.35. The standard InChI is InChI=1S/C16H9IO2/c17-10-5-6-13-12(8-10)16(18)15-11-4-2-1-3-9(11)7-14(15)19-13/h1-6,8H,7H2. The second-order valence-corrected chi connectivity index (χ2v) is 5.95. The van der Waals surface area contributed by atoms with E-state index < -0.39 is 0 Å². The highest BCUT2D eigenvalue weighted by Gasteiger charge is 2.24. The van der Waals surface area contributed by atoms with Gasteiger partial charge in [0.15, 0.2) is 0 Å². The first-order valence-corrected chi connectivity index (χ1v) is 7.15. The summed E-state index contributed by atoms with van der Waals surface area (Å²) in [5.41, 5.74) is 3.69. The first-order valence-electron chi connectivity index (χ1n) is 6.07. The van der Waals surface area contributed by atoms with Crippen molar-refractivity contribution in [2.75, 3.05) is 0 Å². The summed E-state index contributed by atoms with van der Waals surface area (Å²) in [5.74, 6) is 0.792. The van der Waals surface area contributed by atoms with Gasteiger partial charge in [0, 0.05) is 9.99 Å². The summed E-state index contributed by atoms with van der Waals surface area (Å²) in [6, 6.07) is 13.7. The molecule has 0 radical (unpaired) electrons. The number of rotatable bonds is 0. The Hall–Kier alpha value is -1.62. The van der Waals surface area contributed by atoms with Crippen molar-refractivity contribution in [3.63, 3.8) is 0 Å². The van der Waals surface area contributed by atoms with Gasteiger partial charge in [0.05, 0.1) is 10.9 Å². The average molecular weight is 360 g/mol. The van der Waals surface area contributed by atoms with Crippen LogP contribution in [-0.4, -0.2) is 0 Å². The van der Waals surface area contributed by atoms with Crippen molar-refractivity contribution in [3.8, 4) is 11.1 Å². The molecular weight excluding hydrogens is 351 g/mol. The van der Waals surface area contributed by atoms with E-state index >= 15 is 0 Å². The zero-order valence-electron chi connectivity index (χ0n) is 9.94. The molecule has 3 heteroatoms. The van der Waals surface area contributed by atoms with E-state index in [0.29, 0.717) is 17.4 Å². The van der Waals surface area contributed by atoms with Crippen molar-refractivity contribution < 1.29 is 4.42 Å². The van der Waals surface area contributed by atoms with E-state index in [2.05, 4.69) is 28.7 Å². The predicted molar refractivity (Wildman–Crippen MR) is 83.4 cm³/mol. The molecule has 0 amide bonds. The fourth-order valence-corrected chi connectivity index (χ4v) is 3.19. The first-order chi connectivity index (χ1) is 9.24. The Morgan fingerprint density at radius 2 is 1.95 bits per heavy atom. The SMILES string of the molecule is O=c1c2c(oc3ccc(I)cc13)Cc1ccccc1-2. The van der Waals surface area contributed by atoms with E-state index in [1.807, 2.05) is 36.4 Å². The molecule has 0 atom stereocenters. The van der Waals surface area contributed by atoms with Gasteiger partial charge in [0.25, 0.3) is 0 Å². The van der Waals surface area contributed by atoms with E-state index in [-0.39, 0.29) is 5.43 Å². The van der Waals surface area contributed by atoms with Gasteiger partial charge in [-0.2, -0.15) is 0 Å². The van der Waals surface area contributed by atoms with Gasteiger partial charge in [0.2, 0.25) is 5.43 Å². The van der Waals surface area contributed by atoms with Gasteiger partial charge in [-0.15, -0.1) is 0 Å². The Kier molecular flexibility index (Phi) is 2.33. The molecule has 19 heavy (non-hydrogen) atoms. The maximum Gasteiger partial charge on any atom is 0.200 e. The van der Waals surface area contributed by atoms with E-state index in [0.717, 1.165) is 20.5 Å². The number of halogens is 1. The van der Waals surface area contributed by atoms with Crippen molar-refractivity contribution in [1.82, 2.24) is 0 Å². The first kappa shape index (κ1) is 11.2. The van der Waals surface area contributed by atoms with Crippen LogP contribution in [0.25, 0.3) is 22.1 Å². The fraction of sp³-hybridized carbons (Fsp3) is 0.0625. The molecule has 0 N–H and O–H groups in total. The van der Waals surface area contributed by atoms with Gasteiger partial charge in [-0.3, -0.25) is 4.79 Å². The van der Waals surface area contributed by atoms with Gasteiger partial charge in [-0.25, -0.2) is 0 Å². The lowest BCUT2D eigenvalue weighted by molar-refractivity contribution is 0.557. The van der Waals surface area contributed by atoms with Gasteiger partial charge >= 0.3 is 0 Å². The Labute approximate surface area is 123 Å². The summed E-state index contributed by atoms with van der Waals surface area (Å²) < 4.78 is 6.96. The largest absolute Gasteiger partial charge is 0.460 e. The van der Waals surface area contributed by atoms with Crippen molar-refractivity contribution in [1.29, 1.82) is 0 Å². The summed E-state index contributed by atoms with van der Waals surface area (Å²) in [6.45, 7) is 0. The minimum Gasteiger partial charge on any atom is -0.460 e. The zero-order chi connectivity index (χ0) is 13.0. The molecule has 1 aliphatic carbocycles. The molecular formula is C16H9IO2. The summed E-state index contributed by atoms with van der Waals surface area (Å²) in [6.07, 6.45) is 0.711. The van der Waals surface area contributed by atoms with Crippen LogP contribution in [0.3, 0.4) is 0 Å². The predicted octanol–water partition coefficient (Wildman–Crippen LogP) is 3.97. The molecule has 3 aromatic rings. The number of benzene rings is 2. The summed E-state index contributed by atoms with van der Waals surface area (Å²) >= 11 is 2.21. The molecule has 0 unspecified atom stereocenters. The molecule has 1 aliphatic rings. The lowest BCUT2D eigenvalue weighted by Crippen LogP contribution is -2.05. The lowest BCUT2D eigenvalue weighted by atomic mass is 10.1. The van der Waals surface area contributed by atoms with E-state index in [4.69, 9.17) is 4.42 Å². The summed E-state index contributed by atoms with van der Waals surface area (Å²) in [7, 11) is 0. The highest BCUT2D eigenvalue weighted by molar-refractivity contribution is 14.1. The van der Waals surface area contributed by atoms with Crippen molar-refractivity contribution in [2.45, 2.75) is 6.42 Å². The topological polar surface area (TPSA) is 30.2 Å². The molecule has 0 bridgehead atoms. The van der Waals surface area contributed by atoms with Crippen LogP contribution >= 0.6 is 22.6 Å². The van der Waals surface area contributed by atoms with E-state index in [1.54, 1.807) is 0 Å². The van der Waals surface area contributed by atoms with Crippen LogP contribution in [-0.2, 0) is 6.42 Å². The molecule has 0 saturated heterocycles. The Balaban J connectivity index is 2.16. The zero-order valence-corrected chi connectivity index (χ0v) is 12.1. The van der Waals surface area contributed by atoms with E-state index in [1.165, 1.54) is 5.56 Å². The van der Waals surface area contributed by atoms with Gasteiger partial charge < -0.3 is 4.42 Å². The molecule has 1 aromatic heterocycles. The van der Waals surface area contributed by atoms with Crippen LogP contribution in [0.5, 0.6) is 0 Å². The fourth-order valence-electron chi connectivity index (χ4n) is 2.70. The maximum absolute atomic E-state index is 12.7. The normalized spacial score (nSPS) is 12.5. The summed E-state index contributed by atoms with van der Waals surface area (Å²) in [5, 5.41) is 0.669. The Bertz CT molecular complexity index is 878. The molecule has 0 spiro atoms. The molecule has 0 aliphatic heterocycles. The monoisotopic (exact) mass is 360 g/mol. The van der Waals surface area contributed by atoms with E-state index in [9.17, 15) is 4.79 Å². The second kappa shape index (κ2) is 3.93. The van der Waals surface area contributed by atoms with Crippen LogP contribution in [0, 0.1) is 3.57 Å². The Morgan fingerprint density at radius 3 is 2.84 bits per heavy atom. The van der Waals surface area contributed by atoms with Crippen LogP contribution in [0.2, 0.25) is 0 Å². The van der Waals surface area contributed by atoms with Gasteiger partial charge in [0.1, 0.15) is 11.3 Å². The molecule has 1 heterocycles. The lowest BCUT2D eigenvalue weighted by Gasteiger charge is -2.03.